The number of aromatic nitrogens is 1. The lowest BCUT2D eigenvalue weighted by atomic mass is 10.1. The van der Waals surface area contributed by atoms with Gasteiger partial charge in [-0.05, 0) is 42.8 Å². The third kappa shape index (κ3) is 8.08. The number of hydrogen-bond acceptors (Lipinski definition) is 4. The van der Waals surface area contributed by atoms with Crippen LogP contribution in [-0.4, -0.2) is 55.0 Å². The van der Waals surface area contributed by atoms with Gasteiger partial charge in [-0.2, -0.15) is 0 Å². The SMILES string of the molecule is CCNC(=NCC(=O)N(C)CCc1ccccn1)NCC(C)Cc1cccs1. The van der Waals surface area contributed by atoms with E-state index in [2.05, 4.69) is 45.0 Å². The predicted molar refractivity (Wildman–Crippen MR) is 117 cm³/mol. The summed E-state index contributed by atoms with van der Waals surface area (Å²) in [6.07, 6.45) is 3.56. The third-order valence-corrected chi connectivity index (χ3v) is 5.22. The summed E-state index contributed by atoms with van der Waals surface area (Å²) >= 11 is 1.79. The van der Waals surface area contributed by atoms with Crippen LogP contribution in [0.4, 0.5) is 0 Å². The van der Waals surface area contributed by atoms with Crippen LogP contribution in [0.2, 0.25) is 0 Å². The summed E-state index contributed by atoms with van der Waals surface area (Å²) in [6, 6.07) is 10.1. The lowest BCUT2D eigenvalue weighted by Gasteiger charge is -2.18. The number of rotatable bonds is 10. The van der Waals surface area contributed by atoms with Gasteiger partial charge in [0.05, 0.1) is 0 Å². The van der Waals surface area contributed by atoms with Crippen LogP contribution in [0.15, 0.2) is 46.9 Å². The van der Waals surface area contributed by atoms with E-state index >= 15 is 0 Å². The van der Waals surface area contributed by atoms with Crippen molar-refractivity contribution in [1.82, 2.24) is 20.5 Å². The van der Waals surface area contributed by atoms with Crippen LogP contribution < -0.4 is 10.6 Å². The van der Waals surface area contributed by atoms with Crippen molar-refractivity contribution in [2.24, 2.45) is 10.9 Å². The second-order valence-electron chi connectivity index (χ2n) is 6.85. The lowest BCUT2D eigenvalue weighted by Crippen LogP contribution is -2.41. The van der Waals surface area contributed by atoms with Gasteiger partial charge >= 0.3 is 0 Å². The van der Waals surface area contributed by atoms with Crippen molar-refractivity contribution in [2.45, 2.75) is 26.7 Å². The maximum Gasteiger partial charge on any atom is 0.244 e. The molecule has 1 atom stereocenters. The molecular weight excluding hydrogens is 370 g/mol. The first-order valence-electron chi connectivity index (χ1n) is 9.77. The van der Waals surface area contributed by atoms with Crippen molar-refractivity contribution in [1.29, 1.82) is 0 Å². The molecule has 1 unspecified atom stereocenters. The van der Waals surface area contributed by atoms with E-state index in [1.54, 1.807) is 22.4 Å². The first-order chi connectivity index (χ1) is 13.6. The highest BCUT2D eigenvalue weighted by atomic mass is 32.1. The summed E-state index contributed by atoms with van der Waals surface area (Å²) in [6.45, 7) is 6.57. The molecule has 0 saturated heterocycles. The van der Waals surface area contributed by atoms with Crippen molar-refractivity contribution in [2.75, 3.05) is 33.2 Å². The Morgan fingerprint density at radius 1 is 1.29 bits per heavy atom. The van der Waals surface area contributed by atoms with Gasteiger partial charge in [0.25, 0.3) is 0 Å². The molecule has 0 bridgehead atoms. The lowest BCUT2D eigenvalue weighted by molar-refractivity contribution is -0.128. The summed E-state index contributed by atoms with van der Waals surface area (Å²) in [5, 5.41) is 8.67. The molecule has 0 fully saturated rings. The fourth-order valence-electron chi connectivity index (χ4n) is 2.68. The maximum absolute atomic E-state index is 12.4. The van der Waals surface area contributed by atoms with Crippen LogP contribution >= 0.6 is 11.3 Å². The minimum atomic E-state index is -0.000215. The van der Waals surface area contributed by atoms with E-state index in [1.807, 2.05) is 32.2 Å². The molecule has 7 heteroatoms. The highest BCUT2D eigenvalue weighted by Gasteiger charge is 2.10. The molecule has 2 aromatic rings. The van der Waals surface area contributed by atoms with Crippen molar-refractivity contribution < 1.29 is 4.79 Å². The molecule has 2 heterocycles. The monoisotopic (exact) mass is 401 g/mol. The molecule has 152 valence electrons. The van der Waals surface area contributed by atoms with E-state index < -0.39 is 0 Å². The number of pyridine rings is 1. The quantitative estimate of drug-likeness (QED) is 0.474. The van der Waals surface area contributed by atoms with Crippen LogP contribution in [0.25, 0.3) is 0 Å². The Hall–Kier alpha value is -2.41. The van der Waals surface area contributed by atoms with Crippen molar-refractivity contribution in [3.63, 3.8) is 0 Å². The van der Waals surface area contributed by atoms with Crippen molar-refractivity contribution in [3.8, 4) is 0 Å². The number of carbonyl (C=O) groups excluding carboxylic acids is 1. The zero-order valence-electron chi connectivity index (χ0n) is 17.0. The van der Waals surface area contributed by atoms with Crippen LogP contribution in [-0.2, 0) is 17.6 Å². The Bertz CT molecular complexity index is 718. The van der Waals surface area contributed by atoms with Gasteiger partial charge in [-0.25, -0.2) is 4.99 Å². The second-order valence-corrected chi connectivity index (χ2v) is 7.88. The van der Waals surface area contributed by atoms with Gasteiger partial charge in [0.15, 0.2) is 5.96 Å². The zero-order chi connectivity index (χ0) is 20.2. The third-order valence-electron chi connectivity index (χ3n) is 4.32. The summed E-state index contributed by atoms with van der Waals surface area (Å²) in [7, 11) is 1.81. The predicted octanol–water partition coefficient (Wildman–Crippen LogP) is 2.58. The van der Waals surface area contributed by atoms with E-state index in [0.717, 1.165) is 31.6 Å². The fourth-order valence-corrected chi connectivity index (χ4v) is 3.55. The average molecular weight is 402 g/mol. The highest BCUT2D eigenvalue weighted by Crippen LogP contribution is 2.13. The van der Waals surface area contributed by atoms with Crippen LogP contribution in [0.1, 0.15) is 24.4 Å². The van der Waals surface area contributed by atoms with Crippen LogP contribution in [0.5, 0.6) is 0 Å². The molecule has 6 nitrogen and oxygen atoms in total. The van der Waals surface area contributed by atoms with E-state index in [9.17, 15) is 4.79 Å². The first-order valence-corrected chi connectivity index (χ1v) is 10.6. The first kappa shape index (κ1) is 21.9. The molecule has 0 saturated carbocycles. The molecule has 0 radical (unpaired) electrons. The Morgan fingerprint density at radius 2 is 2.14 bits per heavy atom. The van der Waals surface area contributed by atoms with E-state index in [4.69, 9.17) is 0 Å². The molecule has 0 aliphatic carbocycles. The van der Waals surface area contributed by atoms with Crippen LogP contribution in [0.3, 0.4) is 0 Å². The number of carbonyl (C=O) groups is 1. The molecule has 1 amide bonds. The smallest absolute Gasteiger partial charge is 0.244 e. The normalized spacial score (nSPS) is 12.5. The average Bonchev–Trinajstić information content (AvgIpc) is 3.21. The number of nitrogens with zero attached hydrogens (tertiary/aromatic N) is 3. The number of thiophene rings is 1. The van der Waals surface area contributed by atoms with E-state index in [-0.39, 0.29) is 12.5 Å². The Morgan fingerprint density at radius 3 is 2.82 bits per heavy atom. The van der Waals surface area contributed by atoms with Gasteiger partial charge in [-0.15, -0.1) is 11.3 Å². The topological polar surface area (TPSA) is 69.6 Å². The molecule has 28 heavy (non-hydrogen) atoms. The Balaban J connectivity index is 1.77. The Kier molecular flexibility index (Phi) is 9.48. The van der Waals surface area contributed by atoms with Gasteiger partial charge in [-0.3, -0.25) is 9.78 Å². The van der Waals surface area contributed by atoms with Gasteiger partial charge in [0.2, 0.25) is 5.91 Å². The van der Waals surface area contributed by atoms with Crippen molar-refractivity contribution in [3.05, 3.63) is 52.5 Å². The number of hydrogen-bond donors (Lipinski definition) is 2. The van der Waals surface area contributed by atoms with E-state index in [0.29, 0.717) is 18.4 Å². The van der Waals surface area contributed by atoms with Crippen molar-refractivity contribution >= 4 is 23.2 Å². The molecule has 2 aromatic heterocycles. The molecule has 0 aromatic carbocycles. The number of aliphatic imine (C=N–C) groups is 1. The minimum Gasteiger partial charge on any atom is -0.357 e. The summed E-state index contributed by atoms with van der Waals surface area (Å²) in [4.78, 5) is 24.2. The molecule has 0 aliphatic heterocycles. The number of nitrogens with one attached hydrogen (secondary N) is 2. The van der Waals surface area contributed by atoms with E-state index in [1.165, 1.54) is 4.88 Å². The molecule has 2 N–H and O–H groups in total. The molecule has 2 rings (SSSR count). The number of amides is 1. The summed E-state index contributed by atoms with van der Waals surface area (Å²) < 4.78 is 0. The number of likely N-dealkylation sites (N-methyl/N-ethyl adjacent to an activating group) is 1. The zero-order valence-corrected chi connectivity index (χ0v) is 17.8. The van der Waals surface area contributed by atoms with Crippen LogP contribution in [0, 0.1) is 5.92 Å². The largest absolute Gasteiger partial charge is 0.357 e. The number of guanidine groups is 1. The van der Waals surface area contributed by atoms with Gasteiger partial charge in [-0.1, -0.05) is 19.1 Å². The molecule has 0 spiro atoms. The summed E-state index contributed by atoms with van der Waals surface area (Å²) in [5.41, 5.74) is 0.986. The molecular formula is C21H31N5OS. The Labute approximate surface area is 172 Å². The van der Waals surface area contributed by atoms with Gasteiger partial charge < -0.3 is 15.5 Å². The van der Waals surface area contributed by atoms with Gasteiger partial charge in [0.1, 0.15) is 6.54 Å². The second kappa shape index (κ2) is 12.1. The summed E-state index contributed by atoms with van der Waals surface area (Å²) in [5.74, 6) is 1.17. The minimum absolute atomic E-state index is 0.000215. The van der Waals surface area contributed by atoms with Gasteiger partial charge in [0, 0.05) is 49.9 Å². The fraction of sp³-hybridized carbons (Fsp3) is 0.476. The highest BCUT2D eigenvalue weighted by molar-refractivity contribution is 7.09. The maximum atomic E-state index is 12.4. The standard InChI is InChI=1S/C21H31N5OS/c1-4-22-21(24-15-17(2)14-19-9-7-13-28-19)25-16-20(27)26(3)12-10-18-8-5-6-11-23-18/h5-9,11,13,17H,4,10,12,14-16H2,1-3H3,(H2,22,24,25). The molecule has 0 aliphatic rings.